The van der Waals surface area contributed by atoms with Crippen LogP contribution in [0.3, 0.4) is 0 Å². The quantitative estimate of drug-likeness (QED) is 0.385. The molecular weight excluding hydrogens is 242 g/mol. The van der Waals surface area contributed by atoms with Crippen LogP contribution in [0.15, 0.2) is 41.5 Å². The molecule has 96 valence electrons. The number of azide groups is 1. The first-order valence-electron chi connectivity index (χ1n) is 5.96. The van der Waals surface area contributed by atoms with Crippen LogP contribution >= 0.6 is 0 Å². The summed E-state index contributed by atoms with van der Waals surface area (Å²) >= 11 is 0. The lowest BCUT2D eigenvalue weighted by molar-refractivity contribution is 0.0949. The van der Waals surface area contributed by atoms with E-state index in [-0.39, 0.29) is 5.91 Å². The van der Waals surface area contributed by atoms with Crippen molar-refractivity contribution in [1.82, 2.24) is 10.3 Å². The molecule has 1 aromatic carbocycles. The van der Waals surface area contributed by atoms with E-state index in [1.54, 1.807) is 6.07 Å². The number of amides is 1. The van der Waals surface area contributed by atoms with Gasteiger partial charge in [0.25, 0.3) is 5.91 Å². The molecule has 1 aromatic heterocycles. The number of fused-ring (bicyclic) bond motifs is 1. The number of aromatic nitrogens is 1. The summed E-state index contributed by atoms with van der Waals surface area (Å²) in [5.41, 5.74) is 9.30. The highest BCUT2D eigenvalue weighted by Gasteiger charge is 2.06. The molecule has 0 bridgehead atoms. The molecule has 0 spiro atoms. The van der Waals surface area contributed by atoms with Gasteiger partial charge in [-0.2, -0.15) is 0 Å². The first kappa shape index (κ1) is 12.9. The van der Waals surface area contributed by atoms with Crippen molar-refractivity contribution in [3.8, 4) is 0 Å². The third-order valence-electron chi connectivity index (χ3n) is 2.61. The summed E-state index contributed by atoms with van der Waals surface area (Å²) in [5.74, 6) is -0.216. The first-order chi connectivity index (χ1) is 9.31. The average molecular weight is 255 g/mol. The van der Waals surface area contributed by atoms with Gasteiger partial charge in [0.1, 0.15) is 5.69 Å². The largest absolute Gasteiger partial charge is 0.351 e. The Morgan fingerprint density at radius 2 is 2.16 bits per heavy atom. The van der Waals surface area contributed by atoms with Crippen molar-refractivity contribution in [3.63, 3.8) is 0 Å². The van der Waals surface area contributed by atoms with Gasteiger partial charge in [-0.15, -0.1) is 0 Å². The number of nitrogens with zero attached hydrogens (tertiary/aromatic N) is 4. The maximum atomic E-state index is 11.8. The zero-order chi connectivity index (χ0) is 13.5. The van der Waals surface area contributed by atoms with Crippen LogP contribution in [0, 0.1) is 0 Å². The van der Waals surface area contributed by atoms with E-state index < -0.39 is 0 Å². The van der Waals surface area contributed by atoms with E-state index in [9.17, 15) is 4.79 Å². The highest BCUT2D eigenvalue weighted by Crippen LogP contribution is 2.11. The van der Waals surface area contributed by atoms with Gasteiger partial charge in [0.05, 0.1) is 5.52 Å². The molecule has 0 radical (unpaired) electrons. The molecule has 0 aliphatic carbocycles. The molecule has 2 aromatic rings. The zero-order valence-electron chi connectivity index (χ0n) is 10.3. The minimum Gasteiger partial charge on any atom is -0.351 e. The summed E-state index contributed by atoms with van der Waals surface area (Å²) < 4.78 is 0. The Morgan fingerprint density at radius 1 is 1.32 bits per heavy atom. The predicted molar refractivity (Wildman–Crippen MR) is 72.7 cm³/mol. The Labute approximate surface area is 110 Å². The maximum Gasteiger partial charge on any atom is 0.269 e. The van der Waals surface area contributed by atoms with E-state index in [0.717, 1.165) is 10.9 Å². The predicted octanol–water partition coefficient (Wildman–Crippen LogP) is 2.67. The number of para-hydroxylation sites is 1. The SMILES string of the molecule is [N-]=[N+]=NCCCNC(=O)c1ccc2ccccc2n1. The van der Waals surface area contributed by atoms with Gasteiger partial charge in [-0.3, -0.25) is 4.79 Å². The number of hydrogen-bond acceptors (Lipinski definition) is 3. The normalized spacial score (nSPS) is 9.89. The van der Waals surface area contributed by atoms with Crippen molar-refractivity contribution < 1.29 is 4.79 Å². The lowest BCUT2D eigenvalue weighted by atomic mass is 10.2. The number of rotatable bonds is 5. The second kappa shape index (κ2) is 6.37. The molecule has 0 saturated heterocycles. The smallest absolute Gasteiger partial charge is 0.269 e. The molecule has 0 atom stereocenters. The summed E-state index contributed by atoms with van der Waals surface area (Å²) in [6.07, 6.45) is 0.614. The maximum absolute atomic E-state index is 11.8. The molecule has 0 aliphatic rings. The molecule has 6 heteroatoms. The fourth-order valence-corrected chi connectivity index (χ4v) is 1.68. The molecule has 19 heavy (non-hydrogen) atoms. The van der Waals surface area contributed by atoms with Crippen LogP contribution in [-0.4, -0.2) is 24.0 Å². The fourth-order valence-electron chi connectivity index (χ4n) is 1.68. The summed E-state index contributed by atoms with van der Waals surface area (Å²) in [7, 11) is 0. The molecule has 1 N–H and O–H groups in total. The Bertz CT molecular complexity index is 634. The van der Waals surface area contributed by atoms with Crippen LogP contribution in [0.5, 0.6) is 0 Å². The minimum absolute atomic E-state index is 0.216. The number of nitrogens with one attached hydrogen (secondary N) is 1. The molecule has 0 aliphatic heterocycles. The van der Waals surface area contributed by atoms with Crippen molar-refractivity contribution >= 4 is 16.8 Å². The average Bonchev–Trinajstić information content (AvgIpc) is 2.46. The number of pyridine rings is 1. The van der Waals surface area contributed by atoms with Crippen LogP contribution < -0.4 is 5.32 Å². The summed E-state index contributed by atoms with van der Waals surface area (Å²) in [4.78, 5) is 18.8. The van der Waals surface area contributed by atoms with Gasteiger partial charge in [0, 0.05) is 23.4 Å². The topological polar surface area (TPSA) is 90.8 Å². The fraction of sp³-hybridized carbons (Fsp3) is 0.231. The molecular formula is C13H13N5O. The van der Waals surface area contributed by atoms with Gasteiger partial charge in [-0.05, 0) is 24.1 Å². The van der Waals surface area contributed by atoms with Gasteiger partial charge >= 0.3 is 0 Å². The molecule has 1 heterocycles. The summed E-state index contributed by atoms with van der Waals surface area (Å²) in [6.45, 7) is 0.842. The van der Waals surface area contributed by atoms with Crippen LogP contribution in [0.4, 0.5) is 0 Å². The number of carbonyl (C=O) groups excluding carboxylic acids is 1. The van der Waals surface area contributed by atoms with E-state index in [1.807, 2.05) is 30.3 Å². The zero-order valence-corrected chi connectivity index (χ0v) is 10.3. The standard InChI is InChI=1S/C13H13N5O/c14-18-16-9-3-8-15-13(19)12-7-6-10-4-1-2-5-11(10)17-12/h1-2,4-7H,3,8-9H2,(H,15,19). The second-order valence-corrected chi connectivity index (χ2v) is 3.95. The van der Waals surface area contributed by atoms with E-state index in [1.165, 1.54) is 0 Å². The van der Waals surface area contributed by atoms with Gasteiger partial charge in [0.2, 0.25) is 0 Å². The van der Waals surface area contributed by atoms with Crippen molar-refractivity contribution in [2.75, 3.05) is 13.1 Å². The third kappa shape index (κ3) is 3.43. The van der Waals surface area contributed by atoms with E-state index in [4.69, 9.17) is 5.53 Å². The van der Waals surface area contributed by atoms with Crippen molar-refractivity contribution in [1.29, 1.82) is 0 Å². The number of benzene rings is 1. The van der Waals surface area contributed by atoms with Gasteiger partial charge < -0.3 is 5.32 Å². The Morgan fingerprint density at radius 3 is 3.00 bits per heavy atom. The molecule has 1 amide bonds. The van der Waals surface area contributed by atoms with Crippen LogP contribution in [0.1, 0.15) is 16.9 Å². The number of hydrogen-bond donors (Lipinski definition) is 1. The molecule has 2 rings (SSSR count). The molecule has 0 unspecified atom stereocenters. The van der Waals surface area contributed by atoms with E-state index in [0.29, 0.717) is 25.2 Å². The van der Waals surface area contributed by atoms with Crippen LogP contribution in [0.2, 0.25) is 0 Å². The van der Waals surface area contributed by atoms with Crippen molar-refractivity contribution in [3.05, 3.63) is 52.5 Å². The lowest BCUT2D eigenvalue weighted by Crippen LogP contribution is -2.25. The molecule has 0 saturated carbocycles. The van der Waals surface area contributed by atoms with Crippen LogP contribution in [0.25, 0.3) is 21.3 Å². The van der Waals surface area contributed by atoms with Gasteiger partial charge in [-0.1, -0.05) is 29.4 Å². The second-order valence-electron chi connectivity index (χ2n) is 3.95. The first-order valence-corrected chi connectivity index (χ1v) is 5.96. The highest BCUT2D eigenvalue weighted by molar-refractivity contribution is 5.94. The number of carbonyl (C=O) groups is 1. The Balaban J connectivity index is 1.99. The van der Waals surface area contributed by atoms with Crippen molar-refractivity contribution in [2.24, 2.45) is 5.11 Å². The molecule has 0 fully saturated rings. The summed E-state index contributed by atoms with van der Waals surface area (Å²) in [6, 6.07) is 11.2. The minimum atomic E-state index is -0.216. The van der Waals surface area contributed by atoms with Crippen LogP contribution in [-0.2, 0) is 0 Å². The lowest BCUT2D eigenvalue weighted by Gasteiger charge is -2.04. The summed E-state index contributed by atoms with van der Waals surface area (Å²) in [5, 5.41) is 7.14. The van der Waals surface area contributed by atoms with E-state index >= 15 is 0 Å². The Kier molecular flexibility index (Phi) is 4.31. The Hall–Kier alpha value is -2.59. The highest BCUT2D eigenvalue weighted by atomic mass is 16.1. The van der Waals surface area contributed by atoms with E-state index in [2.05, 4.69) is 20.3 Å². The van der Waals surface area contributed by atoms with Gasteiger partial charge in [-0.25, -0.2) is 4.98 Å². The van der Waals surface area contributed by atoms with Crippen molar-refractivity contribution in [2.45, 2.75) is 6.42 Å². The third-order valence-corrected chi connectivity index (χ3v) is 2.61. The van der Waals surface area contributed by atoms with Gasteiger partial charge in [0.15, 0.2) is 0 Å². The molecule has 6 nitrogen and oxygen atoms in total. The monoisotopic (exact) mass is 255 g/mol.